The summed E-state index contributed by atoms with van der Waals surface area (Å²) in [6, 6.07) is 0. The fourth-order valence-corrected chi connectivity index (χ4v) is 0.734. The van der Waals surface area contributed by atoms with E-state index in [9.17, 15) is 4.79 Å². The van der Waals surface area contributed by atoms with Crippen molar-refractivity contribution in [1.29, 1.82) is 0 Å². The predicted octanol–water partition coefficient (Wildman–Crippen LogP) is 0.0880. The lowest BCUT2D eigenvalue weighted by atomic mass is 10.5. The van der Waals surface area contributed by atoms with Gasteiger partial charge in [0.25, 0.3) is 0 Å². The number of esters is 1. The van der Waals surface area contributed by atoms with Gasteiger partial charge in [-0.15, -0.1) is 11.0 Å². The average Bonchev–Trinajstić information content (AvgIpc) is 2.62. The summed E-state index contributed by atoms with van der Waals surface area (Å²) in [6.45, 7) is 2.17. The molecule has 0 saturated carbocycles. The van der Waals surface area contributed by atoms with Crippen LogP contribution >= 0.6 is 0 Å². The molecule has 68 valence electrons. The molecule has 0 aromatic carbocycles. The Morgan fingerprint density at radius 2 is 2.54 bits per heavy atom. The maximum Gasteiger partial charge on any atom is 0.360 e. The third-order valence-corrected chi connectivity index (χ3v) is 1.35. The molecule has 0 aliphatic carbocycles. The van der Waals surface area contributed by atoms with E-state index < -0.39 is 5.97 Å². The lowest BCUT2D eigenvalue weighted by molar-refractivity contribution is 0.0594. The van der Waals surface area contributed by atoms with Crippen molar-refractivity contribution in [3.63, 3.8) is 0 Å². The topological polar surface area (TPSA) is 57.0 Å². The van der Waals surface area contributed by atoms with E-state index in [2.05, 4.69) is 26.9 Å². The van der Waals surface area contributed by atoms with E-state index in [1.165, 1.54) is 18.0 Å². The molecule has 1 aromatic heterocycles. The molecular weight excluding hydrogens is 170 g/mol. The van der Waals surface area contributed by atoms with Crippen molar-refractivity contribution >= 4 is 5.97 Å². The molecule has 0 aliphatic rings. The highest BCUT2D eigenvalue weighted by molar-refractivity contribution is 5.86. The molecule has 0 N–H and O–H groups in total. The van der Waals surface area contributed by atoms with Gasteiger partial charge >= 0.3 is 5.97 Å². The lowest BCUT2D eigenvalue weighted by Gasteiger charge is -1.90. The number of hydrogen-bond donors (Lipinski definition) is 0. The van der Waals surface area contributed by atoms with E-state index in [4.69, 9.17) is 0 Å². The molecule has 0 aliphatic heterocycles. The smallest absolute Gasteiger partial charge is 0.360 e. The van der Waals surface area contributed by atoms with Gasteiger partial charge < -0.3 is 4.74 Å². The van der Waals surface area contributed by atoms with Gasteiger partial charge in [-0.1, -0.05) is 11.1 Å². The van der Waals surface area contributed by atoms with E-state index in [0.717, 1.165) is 0 Å². The van der Waals surface area contributed by atoms with Crippen LogP contribution in [0.3, 0.4) is 0 Å². The normalized spacial score (nSPS) is 8.77. The summed E-state index contributed by atoms with van der Waals surface area (Å²) < 4.78 is 5.94. The van der Waals surface area contributed by atoms with Gasteiger partial charge in [-0.2, -0.15) is 0 Å². The van der Waals surface area contributed by atoms with E-state index in [0.29, 0.717) is 6.54 Å². The molecule has 0 amide bonds. The summed E-state index contributed by atoms with van der Waals surface area (Å²) in [5.74, 6) is 5.02. The standard InChI is InChI=1S/C8H9N3O2/c1-3-4-5-11-6-7(9-10-11)8(12)13-2/h6H,5H2,1-2H3. The highest BCUT2D eigenvalue weighted by Gasteiger charge is 2.09. The first-order chi connectivity index (χ1) is 6.27. The SMILES string of the molecule is CC#CCn1cc(C(=O)OC)nn1. The van der Waals surface area contributed by atoms with Crippen LogP contribution in [0.1, 0.15) is 17.4 Å². The summed E-state index contributed by atoms with van der Waals surface area (Å²) in [6.07, 6.45) is 1.50. The van der Waals surface area contributed by atoms with Crippen LogP contribution in [0.25, 0.3) is 0 Å². The van der Waals surface area contributed by atoms with Crippen LogP contribution in [0.15, 0.2) is 6.20 Å². The number of methoxy groups -OCH3 is 1. The second-order valence-corrected chi connectivity index (χ2v) is 2.22. The lowest BCUT2D eigenvalue weighted by Crippen LogP contribution is -2.01. The Balaban J connectivity index is 2.72. The van der Waals surface area contributed by atoms with Crippen molar-refractivity contribution in [2.45, 2.75) is 13.5 Å². The molecule has 1 heterocycles. The minimum absolute atomic E-state index is 0.195. The van der Waals surface area contributed by atoms with Crippen molar-refractivity contribution in [1.82, 2.24) is 15.0 Å². The molecule has 5 heteroatoms. The van der Waals surface area contributed by atoms with Crippen LogP contribution in [-0.4, -0.2) is 28.1 Å². The minimum atomic E-state index is -0.490. The monoisotopic (exact) mass is 179 g/mol. The molecule has 1 rings (SSSR count). The Morgan fingerprint density at radius 1 is 1.77 bits per heavy atom. The second kappa shape index (κ2) is 4.26. The molecule has 0 bridgehead atoms. The van der Waals surface area contributed by atoms with Crippen molar-refractivity contribution in [2.24, 2.45) is 0 Å². The molecular formula is C8H9N3O2. The third-order valence-electron chi connectivity index (χ3n) is 1.35. The first-order valence-electron chi connectivity index (χ1n) is 3.66. The fourth-order valence-electron chi connectivity index (χ4n) is 0.734. The number of carbonyl (C=O) groups is 1. The second-order valence-electron chi connectivity index (χ2n) is 2.22. The number of carbonyl (C=O) groups excluding carboxylic acids is 1. The number of rotatable bonds is 2. The van der Waals surface area contributed by atoms with E-state index in [1.807, 2.05) is 0 Å². The predicted molar refractivity (Wildman–Crippen MR) is 44.8 cm³/mol. The average molecular weight is 179 g/mol. The zero-order chi connectivity index (χ0) is 9.68. The highest BCUT2D eigenvalue weighted by atomic mass is 16.5. The molecule has 0 saturated heterocycles. The van der Waals surface area contributed by atoms with Gasteiger partial charge in [0.1, 0.15) is 6.54 Å². The van der Waals surface area contributed by atoms with Crippen LogP contribution < -0.4 is 0 Å². The Labute approximate surface area is 75.7 Å². The van der Waals surface area contributed by atoms with E-state index in [1.54, 1.807) is 6.92 Å². The van der Waals surface area contributed by atoms with Gasteiger partial charge in [-0.05, 0) is 6.92 Å². The molecule has 0 unspecified atom stereocenters. The van der Waals surface area contributed by atoms with Crippen LogP contribution in [0, 0.1) is 11.8 Å². The Hall–Kier alpha value is -1.83. The van der Waals surface area contributed by atoms with Gasteiger partial charge in [0.2, 0.25) is 0 Å². The highest BCUT2D eigenvalue weighted by Crippen LogP contribution is 1.94. The fraction of sp³-hybridized carbons (Fsp3) is 0.375. The molecule has 0 radical (unpaired) electrons. The van der Waals surface area contributed by atoms with Gasteiger partial charge in [0, 0.05) is 0 Å². The Morgan fingerprint density at radius 3 is 3.15 bits per heavy atom. The maximum absolute atomic E-state index is 10.9. The zero-order valence-corrected chi connectivity index (χ0v) is 7.44. The number of hydrogen-bond acceptors (Lipinski definition) is 4. The first-order valence-corrected chi connectivity index (χ1v) is 3.66. The van der Waals surface area contributed by atoms with Gasteiger partial charge in [0.05, 0.1) is 13.3 Å². The summed E-state index contributed by atoms with van der Waals surface area (Å²) in [4.78, 5) is 10.9. The van der Waals surface area contributed by atoms with Gasteiger partial charge in [-0.3, -0.25) is 0 Å². The number of aromatic nitrogens is 3. The molecule has 13 heavy (non-hydrogen) atoms. The Bertz CT molecular complexity index is 359. The number of ether oxygens (including phenoxy) is 1. The van der Waals surface area contributed by atoms with E-state index >= 15 is 0 Å². The minimum Gasteiger partial charge on any atom is -0.464 e. The molecule has 5 nitrogen and oxygen atoms in total. The van der Waals surface area contributed by atoms with Crippen molar-refractivity contribution in [3.8, 4) is 11.8 Å². The van der Waals surface area contributed by atoms with Crippen LogP contribution in [-0.2, 0) is 11.3 Å². The quantitative estimate of drug-likeness (QED) is 0.477. The maximum atomic E-state index is 10.9. The summed E-state index contributed by atoms with van der Waals surface area (Å²) in [7, 11) is 1.30. The van der Waals surface area contributed by atoms with Crippen molar-refractivity contribution < 1.29 is 9.53 Å². The van der Waals surface area contributed by atoms with Crippen LogP contribution in [0.2, 0.25) is 0 Å². The van der Waals surface area contributed by atoms with Gasteiger partial charge in [0.15, 0.2) is 5.69 Å². The molecule has 0 atom stereocenters. The molecule has 0 fully saturated rings. The molecule has 1 aromatic rings. The van der Waals surface area contributed by atoms with Gasteiger partial charge in [-0.25, -0.2) is 9.48 Å². The Kier molecular flexibility index (Phi) is 3.03. The zero-order valence-electron chi connectivity index (χ0n) is 7.44. The van der Waals surface area contributed by atoms with E-state index in [-0.39, 0.29) is 5.69 Å². The summed E-state index contributed by atoms with van der Waals surface area (Å²) >= 11 is 0. The van der Waals surface area contributed by atoms with Crippen LogP contribution in [0.5, 0.6) is 0 Å². The van der Waals surface area contributed by atoms with Crippen molar-refractivity contribution in [2.75, 3.05) is 7.11 Å². The number of nitrogens with zero attached hydrogens (tertiary/aromatic N) is 3. The van der Waals surface area contributed by atoms with Crippen molar-refractivity contribution in [3.05, 3.63) is 11.9 Å². The summed E-state index contributed by atoms with van der Waals surface area (Å²) in [5.41, 5.74) is 0.195. The third kappa shape index (κ3) is 2.30. The first kappa shape index (κ1) is 9.26. The summed E-state index contributed by atoms with van der Waals surface area (Å²) in [5, 5.41) is 7.30. The van der Waals surface area contributed by atoms with Crippen LogP contribution in [0.4, 0.5) is 0 Å². The largest absolute Gasteiger partial charge is 0.464 e. The molecule has 0 spiro atoms.